The fourth-order valence-corrected chi connectivity index (χ4v) is 2.51. The molecule has 1 unspecified atom stereocenters. The molecule has 4 nitrogen and oxygen atoms in total. The standard InChI is InChI=1S/C15H14ClNO3/c16-10-1-3-11(4-2-10)17-15(8-18)9-20-14-7-12(19)5-6-13(14)15/h1-7,17-19H,8-9H2. The Balaban J connectivity index is 1.96. The summed E-state index contributed by atoms with van der Waals surface area (Å²) in [6.45, 7) is 0.179. The molecule has 0 aliphatic carbocycles. The molecule has 0 aromatic heterocycles. The van der Waals surface area contributed by atoms with Crippen LogP contribution in [0.1, 0.15) is 5.56 Å². The van der Waals surface area contributed by atoms with Gasteiger partial charge in [-0.05, 0) is 36.4 Å². The Morgan fingerprint density at radius 3 is 2.65 bits per heavy atom. The van der Waals surface area contributed by atoms with E-state index in [0.717, 1.165) is 11.3 Å². The third kappa shape index (κ3) is 2.17. The molecule has 1 heterocycles. The first-order valence-electron chi connectivity index (χ1n) is 6.24. The first kappa shape index (κ1) is 13.1. The predicted molar refractivity (Wildman–Crippen MR) is 77.4 cm³/mol. The maximum absolute atomic E-state index is 9.82. The van der Waals surface area contributed by atoms with Crippen molar-refractivity contribution in [2.75, 3.05) is 18.5 Å². The number of anilines is 1. The lowest BCUT2D eigenvalue weighted by atomic mass is 9.92. The molecule has 1 aliphatic heterocycles. The monoisotopic (exact) mass is 291 g/mol. The zero-order chi connectivity index (χ0) is 14.2. The second-order valence-electron chi connectivity index (χ2n) is 4.84. The van der Waals surface area contributed by atoms with Crippen molar-refractivity contribution in [2.45, 2.75) is 5.54 Å². The number of phenolic OH excluding ortho intramolecular Hbond substituents is 1. The van der Waals surface area contributed by atoms with E-state index in [1.165, 1.54) is 0 Å². The van der Waals surface area contributed by atoms with Gasteiger partial charge in [0.05, 0.1) is 6.61 Å². The molecule has 1 aliphatic rings. The summed E-state index contributed by atoms with van der Waals surface area (Å²) in [6.07, 6.45) is 0. The molecule has 0 saturated heterocycles. The van der Waals surface area contributed by atoms with Crippen molar-refractivity contribution in [2.24, 2.45) is 0 Å². The van der Waals surface area contributed by atoms with Crippen molar-refractivity contribution in [1.29, 1.82) is 0 Å². The minimum atomic E-state index is -0.711. The number of aliphatic hydroxyl groups is 1. The van der Waals surface area contributed by atoms with Gasteiger partial charge in [-0.15, -0.1) is 0 Å². The van der Waals surface area contributed by atoms with Crippen LogP contribution in [-0.4, -0.2) is 23.4 Å². The summed E-state index contributed by atoms with van der Waals surface area (Å²) in [4.78, 5) is 0. The zero-order valence-electron chi connectivity index (χ0n) is 10.6. The predicted octanol–water partition coefficient (Wildman–Crippen LogP) is 2.74. The molecule has 0 saturated carbocycles. The van der Waals surface area contributed by atoms with Crippen LogP contribution in [0.25, 0.3) is 0 Å². The third-order valence-corrected chi connectivity index (χ3v) is 3.70. The highest BCUT2D eigenvalue weighted by Crippen LogP contribution is 2.40. The van der Waals surface area contributed by atoms with Gasteiger partial charge >= 0.3 is 0 Å². The van der Waals surface area contributed by atoms with Crippen molar-refractivity contribution in [3.8, 4) is 11.5 Å². The Labute approximate surface area is 121 Å². The number of fused-ring (bicyclic) bond motifs is 1. The summed E-state index contributed by atoms with van der Waals surface area (Å²) < 4.78 is 5.57. The van der Waals surface area contributed by atoms with Crippen LogP contribution in [0.4, 0.5) is 5.69 Å². The summed E-state index contributed by atoms with van der Waals surface area (Å²) in [5.74, 6) is 0.726. The normalized spacial score (nSPS) is 20.3. The van der Waals surface area contributed by atoms with Gasteiger partial charge in [-0.3, -0.25) is 0 Å². The summed E-state index contributed by atoms with van der Waals surface area (Å²) in [5, 5.41) is 23.2. The summed E-state index contributed by atoms with van der Waals surface area (Å²) in [7, 11) is 0. The average molecular weight is 292 g/mol. The first-order chi connectivity index (χ1) is 9.63. The molecular formula is C15H14ClNO3. The van der Waals surface area contributed by atoms with Gasteiger partial charge in [0.1, 0.15) is 23.6 Å². The molecule has 0 spiro atoms. The van der Waals surface area contributed by atoms with E-state index >= 15 is 0 Å². The smallest absolute Gasteiger partial charge is 0.128 e. The molecule has 5 heteroatoms. The lowest BCUT2D eigenvalue weighted by Gasteiger charge is -2.28. The minimum absolute atomic E-state index is 0.118. The van der Waals surface area contributed by atoms with Gasteiger partial charge in [-0.2, -0.15) is 0 Å². The Kier molecular flexibility index (Phi) is 3.20. The van der Waals surface area contributed by atoms with E-state index in [2.05, 4.69) is 5.32 Å². The molecule has 0 radical (unpaired) electrons. The Bertz CT molecular complexity index is 630. The van der Waals surface area contributed by atoms with Gasteiger partial charge in [-0.25, -0.2) is 0 Å². The summed E-state index contributed by atoms with van der Waals surface area (Å²) in [5.41, 5.74) is 0.956. The average Bonchev–Trinajstić information content (AvgIpc) is 2.80. The number of phenols is 1. The number of aliphatic hydroxyl groups excluding tert-OH is 1. The van der Waals surface area contributed by atoms with Crippen LogP contribution in [0.15, 0.2) is 42.5 Å². The van der Waals surface area contributed by atoms with E-state index in [1.807, 2.05) is 12.1 Å². The highest BCUT2D eigenvalue weighted by Gasteiger charge is 2.40. The van der Waals surface area contributed by atoms with Gasteiger partial charge in [-0.1, -0.05) is 11.6 Å². The highest BCUT2D eigenvalue weighted by atomic mass is 35.5. The topological polar surface area (TPSA) is 61.7 Å². The van der Waals surface area contributed by atoms with Crippen LogP contribution >= 0.6 is 11.6 Å². The van der Waals surface area contributed by atoms with Gasteiger partial charge < -0.3 is 20.3 Å². The second kappa shape index (κ2) is 4.89. The maximum atomic E-state index is 9.82. The van der Waals surface area contributed by atoms with E-state index in [9.17, 15) is 10.2 Å². The lowest BCUT2D eigenvalue weighted by molar-refractivity contribution is 0.177. The van der Waals surface area contributed by atoms with Gasteiger partial charge in [0.25, 0.3) is 0 Å². The van der Waals surface area contributed by atoms with Gasteiger partial charge in [0, 0.05) is 22.3 Å². The number of hydrogen-bond acceptors (Lipinski definition) is 4. The molecule has 0 bridgehead atoms. The molecule has 3 rings (SSSR count). The molecule has 20 heavy (non-hydrogen) atoms. The van der Waals surface area contributed by atoms with Crippen LogP contribution in [0.3, 0.4) is 0 Å². The maximum Gasteiger partial charge on any atom is 0.128 e. The van der Waals surface area contributed by atoms with E-state index in [-0.39, 0.29) is 12.4 Å². The number of ether oxygens (including phenoxy) is 1. The van der Waals surface area contributed by atoms with Crippen LogP contribution in [0.2, 0.25) is 5.02 Å². The molecule has 104 valence electrons. The second-order valence-corrected chi connectivity index (χ2v) is 5.28. The van der Waals surface area contributed by atoms with Crippen molar-refractivity contribution in [1.82, 2.24) is 0 Å². The van der Waals surface area contributed by atoms with Crippen molar-refractivity contribution in [3.05, 3.63) is 53.1 Å². The minimum Gasteiger partial charge on any atom is -0.508 e. The summed E-state index contributed by atoms with van der Waals surface area (Å²) >= 11 is 5.87. The Morgan fingerprint density at radius 2 is 1.95 bits per heavy atom. The number of nitrogens with one attached hydrogen (secondary N) is 1. The van der Waals surface area contributed by atoms with Gasteiger partial charge in [0.15, 0.2) is 0 Å². The fraction of sp³-hybridized carbons (Fsp3) is 0.200. The van der Waals surface area contributed by atoms with Crippen molar-refractivity contribution < 1.29 is 14.9 Å². The molecule has 1 atom stereocenters. The SMILES string of the molecule is OCC1(Nc2ccc(Cl)cc2)COc2cc(O)ccc21. The number of benzene rings is 2. The Morgan fingerprint density at radius 1 is 1.20 bits per heavy atom. The molecular weight excluding hydrogens is 278 g/mol. The number of aromatic hydroxyl groups is 1. The van der Waals surface area contributed by atoms with E-state index in [4.69, 9.17) is 16.3 Å². The lowest BCUT2D eigenvalue weighted by Crippen LogP contribution is -2.40. The molecule has 3 N–H and O–H groups in total. The molecule has 0 amide bonds. The van der Waals surface area contributed by atoms with E-state index in [0.29, 0.717) is 17.4 Å². The van der Waals surface area contributed by atoms with Crippen LogP contribution in [0, 0.1) is 0 Å². The number of hydrogen-bond donors (Lipinski definition) is 3. The quantitative estimate of drug-likeness (QED) is 0.814. The van der Waals surface area contributed by atoms with Crippen molar-refractivity contribution >= 4 is 17.3 Å². The molecule has 2 aromatic rings. The molecule has 2 aromatic carbocycles. The number of halogens is 1. The zero-order valence-corrected chi connectivity index (χ0v) is 11.4. The number of rotatable bonds is 3. The van der Waals surface area contributed by atoms with Gasteiger partial charge in [0.2, 0.25) is 0 Å². The van der Waals surface area contributed by atoms with Crippen LogP contribution in [-0.2, 0) is 5.54 Å². The molecule has 0 fully saturated rings. The Hall–Kier alpha value is -1.91. The highest BCUT2D eigenvalue weighted by molar-refractivity contribution is 6.30. The van der Waals surface area contributed by atoms with Crippen LogP contribution < -0.4 is 10.1 Å². The van der Waals surface area contributed by atoms with E-state index < -0.39 is 5.54 Å². The van der Waals surface area contributed by atoms with Crippen molar-refractivity contribution in [3.63, 3.8) is 0 Å². The van der Waals surface area contributed by atoms with E-state index in [1.54, 1.807) is 30.3 Å². The first-order valence-corrected chi connectivity index (χ1v) is 6.62. The summed E-state index contributed by atoms with van der Waals surface area (Å²) in [6, 6.07) is 12.1. The fourth-order valence-electron chi connectivity index (χ4n) is 2.39. The third-order valence-electron chi connectivity index (χ3n) is 3.45. The van der Waals surface area contributed by atoms with Crippen LogP contribution in [0.5, 0.6) is 11.5 Å². The largest absolute Gasteiger partial charge is 0.508 e.